The monoisotopic (exact) mass is 1170 g/mol. The first-order valence-electron chi connectivity index (χ1n) is 34.6. The minimum Gasteiger partial charge on any atom is -0.394 e. The molecule has 14 heteroatoms. The van der Waals surface area contributed by atoms with Crippen LogP contribution in [0.15, 0.2) is 24.3 Å². The number of carbonyl (C=O) groups excluding carboxylic acids is 1. The van der Waals surface area contributed by atoms with Crippen LogP contribution in [0.3, 0.4) is 0 Å². The third-order valence-electron chi connectivity index (χ3n) is 17.2. The molecule has 0 aromatic heterocycles. The van der Waals surface area contributed by atoms with Gasteiger partial charge in [0.1, 0.15) is 48.8 Å². The summed E-state index contributed by atoms with van der Waals surface area (Å²) in [6.07, 6.45) is 49.0. The van der Waals surface area contributed by atoms with Gasteiger partial charge in [0.2, 0.25) is 5.91 Å². The summed E-state index contributed by atoms with van der Waals surface area (Å²) in [6, 6.07) is -0.831. The van der Waals surface area contributed by atoms with Crippen LogP contribution in [0.1, 0.15) is 309 Å². The second-order valence-electron chi connectivity index (χ2n) is 24.7. The quantitative estimate of drug-likeness (QED) is 0.0204. The number of hydrogen-bond donors (Lipinski definition) is 9. The SMILES string of the molecule is CCCCCCC/C=C\C/C=C\CCCCCCCCCCCC(=O)NC(COC1OC(CO)C(OC2OC(CO)C(O)C(O)C2O)C(O)C1O)C(O)CCCCCCCCCCCCCCCCCCCCCCCCCCCCC. The highest BCUT2D eigenvalue weighted by Gasteiger charge is 2.51. The summed E-state index contributed by atoms with van der Waals surface area (Å²) in [5.74, 6) is -0.206. The van der Waals surface area contributed by atoms with Crippen LogP contribution in [-0.2, 0) is 23.7 Å². The number of unbranched alkanes of at least 4 members (excludes halogenated alkanes) is 40. The van der Waals surface area contributed by atoms with E-state index in [4.69, 9.17) is 18.9 Å². The highest BCUT2D eigenvalue weighted by molar-refractivity contribution is 5.76. The lowest BCUT2D eigenvalue weighted by molar-refractivity contribution is -0.359. The number of amides is 1. The summed E-state index contributed by atoms with van der Waals surface area (Å²) >= 11 is 0. The van der Waals surface area contributed by atoms with Crippen molar-refractivity contribution in [1.29, 1.82) is 0 Å². The number of rotatable bonds is 57. The number of carbonyl (C=O) groups is 1. The second kappa shape index (κ2) is 53.7. The maximum absolute atomic E-state index is 13.3. The van der Waals surface area contributed by atoms with Crippen molar-refractivity contribution in [2.75, 3.05) is 19.8 Å². The highest BCUT2D eigenvalue weighted by atomic mass is 16.7. The zero-order valence-electron chi connectivity index (χ0n) is 52.5. The van der Waals surface area contributed by atoms with Crippen LogP contribution in [0, 0.1) is 0 Å². The largest absolute Gasteiger partial charge is 0.394 e. The summed E-state index contributed by atoms with van der Waals surface area (Å²) in [5.41, 5.74) is 0. The van der Waals surface area contributed by atoms with Crippen molar-refractivity contribution in [3.63, 3.8) is 0 Å². The molecule has 9 N–H and O–H groups in total. The molecule has 0 aromatic rings. The lowest BCUT2D eigenvalue weighted by atomic mass is 9.97. The third kappa shape index (κ3) is 37.9. The van der Waals surface area contributed by atoms with E-state index in [2.05, 4.69) is 43.5 Å². The minimum absolute atomic E-state index is 0.206. The molecule has 2 heterocycles. The fourth-order valence-electron chi connectivity index (χ4n) is 11.6. The van der Waals surface area contributed by atoms with Crippen molar-refractivity contribution >= 4 is 5.91 Å². The topological polar surface area (TPSA) is 228 Å². The van der Waals surface area contributed by atoms with Crippen LogP contribution >= 0.6 is 0 Å². The number of hydrogen-bond acceptors (Lipinski definition) is 13. The maximum atomic E-state index is 13.3. The van der Waals surface area contributed by atoms with Crippen LogP contribution in [0.4, 0.5) is 0 Å². The van der Waals surface area contributed by atoms with Crippen LogP contribution < -0.4 is 5.32 Å². The normalized spacial score (nSPS) is 24.0. The van der Waals surface area contributed by atoms with E-state index in [1.54, 1.807) is 0 Å². The molecule has 0 spiro atoms. The molecule has 0 aromatic carbocycles. The zero-order valence-corrected chi connectivity index (χ0v) is 52.5. The zero-order chi connectivity index (χ0) is 59.5. The Bertz CT molecular complexity index is 1470. The molecule has 12 atom stereocenters. The smallest absolute Gasteiger partial charge is 0.220 e. The van der Waals surface area contributed by atoms with Gasteiger partial charge in [-0.2, -0.15) is 0 Å². The van der Waals surface area contributed by atoms with E-state index >= 15 is 0 Å². The van der Waals surface area contributed by atoms with E-state index < -0.39 is 86.8 Å². The molecule has 0 radical (unpaired) electrons. The van der Waals surface area contributed by atoms with Gasteiger partial charge in [0.05, 0.1) is 32.0 Å². The molecule has 0 saturated carbocycles. The molecule has 14 nitrogen and oxygen atoms in total. The van der Waals surface area contributed by atoms with Gasteiger partial charge in [0.25, 0.3) is 0 Å². The van der Waals surface area contributed by atoms with E-state index in [1.165, 1.54) is 218 Å². The summed E-state index contributed by atoms with van der Waals surface area (Å²) < 4.78 is 22.9. The van der Waals surface area contributed by atoms with Crippen molar-refractivity contribution in [3.8, 4) is 0 Å². The van der Waals surface area contributed by atoms with Crippen molar-refractivity contribution in [2.24, 2.45) is 0 Å². The van der Waals surface area contributed by atoms with E-state index in [9.17, 15) is 45.6 Å². The number of allylic oxidation sites excluding steroid dienone is 4. The van der Waals surface area contributed by atoms with Gasteiger partial charge in [0.15, 0.2) is 12.6 Å². The number of aliphatic hydroxyl groups is 8. The fraction of sp³-hybridized carbons (Fsp3) is 0.926. The molecule has 0 bridgehead atoms. The molecule has 2 rings (SSSR count). The first kappa shape index (κ1) is 76.6. The first-order valence-corrected chi connectivity index (χ1v) is 34.6. The van der Waals surface area contributed by atoms with Gasteiger partial charge < -0.3 is 65.1 Å². The summed E-state index contributed by atoms with van der Waals surface area (Å²) in [6.45, 7) is 2.89. The maximum Gasteiger partial charge on any atom is 0.220 e. The van der Waals surface area contributed by atoms with E-state index in [-0.39, 0.29) is 12.5 Å². The Morgan fingerprint density at radius 2 is 0.805 bits per heavy atom. The Balaban J connectivity index is 1.68. The lowest BCUT2D eigenvalue weighted by Gasteiger charge is -2.46. The second-order valence-corrected chi connectivity index (χ2v) is 24.7. The Hall–Kier alpha value is -1.53. The predicted octanol–water partition coefficient (Wildman–Crippen LogP) is 13.6. The van der Waals surface area contributed by atoms with Crippen LogP contribution in [0.25, 0.3) is 0 Å². The predicted molar refractivity (Wildman–Crippen MR) is 332 cm³/mol. The van der Waals surface area contributed by atoms with Gasteiger partial charge in [0, 0.05) is 6.42 Å². The molecule has 2 fully saturated rings. The molecule has 484 valence electrons. The van der Waals surface area contributed by atoms with E-state index in [1.807, 2.05) is 0 Å². The van der Waals surface area contributed by atoms with Gasteiger partial charge in [-0.25, -0.2) is 0 Å². The Kier molecular flexibility index (Phi) is 50.1. The van der Waals surface area contributed by atoms with Crippen LogP contribution in [0.2, 0.25) is 0 Å². The number of nitrogens with one attached hydrogen (secondary N) is 1. The number of ether oxygens (including phenoxy) is 4. The van der Waals surface area contributed by atoms with Gasteiger partial charge in [-0.1, -0.05) is 282 Å². The minimum atomic E-state index is -1.78. The molecule has 0 aliphatic carbocycles. The average Bonchev–Trinajstić information content (AvgIpc) is 3.66. The molecule has 2 aliphatic heterocycles. The van der Waals surface area contributed by atoms with Crippen molar-refractivity contribution in [3.05, 3.63) is 24.3 Å². The molecular weight excluding hydrogens is 1040 g/mol. The van der Waals surface area contributed by atoms with Crippen molar-refractivity contribution in [1.82, 2.24) is 5.32 Å². The van der Waals surface area contributed by atoms with Crippen LogP contribution in [-0.4, -0.2) is 140 Å². The molecular formula is C68H129NO13. The summed E-state index contributed by atoms with van der Waals surface area (Å²) in [4.78, 5) is 13.3. The lowest BCUT2D eigenvalue weighted by Crippen LogP contribution is -2.65. The molecule has 82 heavy (non-hydrogen) atoms. The van der Waals surface area contributed by atoms with Crippen molar-refractivity contribution in [2.45, 2.75) is 383 Å². The Labute approximate surface area is 500 Å². The van der Waals surface area contributed by atoms with Gasteiger partial charge in [-0.05, 0) is 44.9 Å². The van der Waals surface area contributed by atoms with Gasteiger partial charge >= 0.3 is 0 Å². The molecule has 1 amide bonds. The third-order valence-corrected chi connectivity index (χ3v) is 17.2. The number of aliphatic hydroxyl groups excluding tert-OH is 8. The highest BCUT2D eigenvalue weighted by Crippen LogP contribution is 2.30. The van der Waals surface area contributed by atoms with E-state index in [0.717, 1.165) is 64.2 Å². The standard InChI is InChI=1S/C68H129NO13/c1-3-5-7-9-11-13-15-17-19-21-23-25-26-27-28-29-30-32-33-35-37-39-41-43-45-47-49-51-57(72)56(55-79-67-65(78)63(76)66(59(54-71)81-67)82-68-64(77)62(75)61(74)58(53-70)80-68)69-60(73)52-50-48-46-44-42-40-38-36-34-31-24-22-20-18-16-14-12-10-8-6-4-2/h16,18,22,24,56-59,61-68,70-72,74-78H,3-15,17,19-21,23,25-55H2,1-2H3,(H,69,73)/b18-16-,24-22-. The van der Waals surface area contributed by atoms with Gasteiger partial charge in [-0.15, -0.1) is 0 Å². The average molecular weight is 1170 g/mol. The van der Waals surface area contributed by atoms with Crippen molar-refractivity contribution < 1.29 is 64.6 Å². The van der Waals surface area contributed by atoms with Gasteiger partial charge in [-0.3, -0.25) is 4.79 Å². The molecule has 12 unspecified atom stereocenters. The summed E-state index contributed by atoms with van der Waals surface area (Å²) in [7, 11) is 0. The molecule has 2 aliphatic rings. The van der Waals surface area contributed by atoms with E-state index in [0.29, 0.717) is 12.8 Å². The Morgan fingerprint density at radius 3 is 1.22 bits per heavy atom. The first-order chi connectivity index (χ1) is 40.1. The molecule has 2 saturated heterocycles. The fourth-order valence-corrected chi connectivity index (χ4v) is 11.6. The Morgan fingerprint density at radius 1 is 0.439 bits per heavy atom. The summed E-state index contributed by atoms with van der Waals surface area (Å²) in [5, 5.41) is 87.6. The van der Waals surface area contributed by atoms with Crippen LogP contribution in [0.5, 0.6) is 0 Å².